The third-order valence-corrected chi connectivity index (χ3v) is 12.4. The van der Waals surface area contributed by atoms with Crippen LogP contribution in [0, 0.1) is 0 Å². The highest BCUT2D eigenvalue weighted by atomic mass is 15.0. The van der Waals surface area contributed by atoms with E-state index in [0.29, 0.717) is 5.82 Å². The van der Waals surface area contributed by atoms with E-state index in [-0.39, 0.29) is 5.41 Å². The van der Waals surface area contributed by atoms with Gasteiger partial charge in [-0.3, -0.25) is 4.57 Å². The Morgan fingerprint density at radius 1 is 0.448 bits per heavy atom. The fraction of sp³-hybridized carbons (Fsp3) is 0.0556. The van der Waals surface area contributed by atoms with Gasteiger partial charge in [-0.1, -0.05) is 147 Å². The molecule has 8 aromatic carbocycles. The Labute approximate surface area is 335 Å². The van der Waals surface area contributed by atoms with Crippen LogP contribution in [-0.4, -0.2) is 19.5 Å². The summed E-state index contributed by atoms with van der Waals surface area (Å²) in [6.45, 7) is 4.76. The fourth-order valence-corrected chi connectivity index (χ4v) is 9.69. The minimum Gasteiger partial charge on any atom is -0.294 e. The second-order valence-corrected chi connectivity index (χ2v) is 16.0. The fourth-order valence-electron chi connectivity index (χ4n) is 9.69. The average molecular weight is 741 g/mol. The zero-order valence-corrected chi connectivity index (χ0v) is 32.1. The molecule has 0 bridgehead atoms. The molecule has 0 aliphatic heterocycles. The monoisotopic (exact) mass is 740 g/mol. The Kier molecular flexibility index (Phi) is 6.94. The molecule has 0 unspecified atom stereocenters. The molecule has 3 aromatic heterocycles. The van der Waals surface area contributed by atoms with E-state index in [0.717, 1.165) is 50.3 Å². The minimum atomic E-state index is -0.226. The van der Waals surface area contributed by atoms with Crippen LogP contribution < -0.4 is 0 Å². The lowest BCUT2D eigenvalue weighted by molar-refractivity contribution is 0.661. The molecule has 4 heteroatoms. The number of nitrogens with zero attached hydrogens (tertiary/aromatic N) is 4. The molecule has 0 spiro atoms. The summed E-state index contributed by atoms with van der Waals surface area (Å²) in [5.74, 6) is 0.680. The van der Waals surface area contributed by atoms with Crippen LogP contribution in [0.4, 0.5) is 0 Å². The van der Waals surface area contributed by atoms with Gasteiger partial charge in [0.05, 0.1) is 16.9 Å². The molecule has 58 heavy (non-hydrogen) atoms. The van der Waals surface area contributed by atoms with Crippen LogP contribution >= 0.6 is 0 Å². The van der Waals surface area contributed by atoms with Gasteiger partial charge in [0.2, 0.25) is 0 Å². The van der Waals surface area contributed by atoms with E-state index < -0.39 is 0 Å². The first-order valence-electron chi connectivity index (χ1n) is 19.9. The van der Waals surface area contributed by atoms with Gasteiger partial charge in [0, 0.05) is 44.8 Å². The van der Waals surface area contributed by atoms with Crippen molar-refractivity contribution >= 4 is 54.3 Å². The van der Waals surface area contributed by atoms with Gasteiger partial charge in [-0.2, -0.15) is 0 Å². The first-order chi connectivity index (χ1) is 28.5. The molecule has 1 aliphatic rings. The molecule has 272 valence electrons. The largest absolute Gasteiger partial charge is 0.294 e. The lowest BCUT2D eigenvalue weighted by atomic mass is 9.81. The molecule has 11 aromatic rings. The Morgan fingerprint density at radius 3 is 1.72 bits per heavy atom. The Bertz CT molecular complexity index is 3380. The maximum atomic E-state index is 5.17. The zero-order valence-electron chi connectivity index (χ0n) is 32.1. The minimum absolute atomic E-state index is 0.226. The van der Waals surface area contributed by atoms with Crippen molar-refractivity contribution in [2.24, 2.45) is 0 Å². The van der Waals surface area contributed by atoms with Crippen molar-refractivity contribution in [2.75, 3.05) is 0 Å². The van der Waals surface area contributed by atoms with Crippen molar-refractivity contribution < 1.29 is 0 Å². The summed E-state index contributed by atoms with van der Waals surface area (Å²) in [7, 11) is 0. The van der Waals surface area contributed by atoms with E-state index in [1.54, 1.807) is 0 Å². The number of hydrogen-bond donors (Lipinski definition) is 0. The SMILES string of the molecule is CC1(C)c2cc3c(cc2-c2c1ccc1c4ccccc4c4ccccc4c21)c1cccnc1n3-c1cccc(-c2nc(-c3ccccc3)cc(-c3ccccc3)n2)c1. The lowest BCUT2D eigenvalue weighted by Crippen LogP contribution is -2.15. The number of benzene rings is 8. The van der Waals surface area contributed by atoms with E-state index in [2.05, 4.69) is 182 Å². The zero-order chi connectivity index (χ0) is 38.5. The number of aromatic nitrogens is 4. The van der Waals surface area contributed by atoms with E-state index >= 15 is 0 Å². The molecule has 0 fully saturated rings. The second-order valence-electron chi connectivity index (χ2n) is 16.0. The van der Waals surface area contributed by atoms with E-state index in [1.165, 1.54) is 60.0 Å². The number of rotatable bonds is 4. The van der Waals surface area contributed by atoms with E-state index in [4.69, 9.17) is 15.0 Å². The maximum Gasteiger partial charge on any atom is 0.160 e. The van der Waals surface area contributed by atoms with Gasteiger partial charge in [0.25, 0.3) is 0 Å². The number of fused-ring (bicyclic) bond motifs is 13. The van der Waals surface area contributed by atoms with Crippen molar-refractivity contribution in [3.05, 3.63) is 193 Å². The third-order valence-electron chi connectivity index (χ3n) is 12.4. The molecule has 0 amide bonds. The predicted molar refractivity (Wildman–Crippen MR) is 241 cm³/mol. The second kappa shape index (κ2) is 12.3. The number of hydrogen-bond acceptors (Lipinski definition) is 3. The van der Waals surface area contributed by atoms with Crippen LogP contribution in [-0.2, 0) is 5.41 Å². The quantitative estimate of drug-likeness (QED) is 0.169. The lowest BCUT2D eigenvalue weighted by Gasteiger charge is -2.22. The summed E-state index contributed by atoms with van der Waals surface area (Å²) in [4.78, 5) is 15.4. The van der Waals surface area contributed by atoms with Crippen LogP contribution in [0.5, 0.6) is 0 Å². The van der Waals surface area contributed by atoms with Gasteiger partial charge in [0.1, 0.15) is 5.65 Å². The summed E-state index contributed by atoms with van der Waals surface area (Å²) in [6.07, 6.45) is 1.90. The van der Waals surface area contributed by atoms with Crippen LogP contribution in [0.3, 0.4) is 0 Å². The first-order valence-corrected chi connectivity index (χ1v) is 19.9. The molecule has 0 N–H and O–H groups in total. The summed E-state index contributed by atoms with van der Waals surface area (Å²) in [5, 5.41) is 10.1. The van der Waals surface area contributed by atoms with Gasteiger partial charge in [0.15, 0.2) is 5.82 Å². The van der Waals surface area contributed by atoms with Crippen LogP contribution in [0.25, 0.3) is 105 Å². The molecular formula is C54H36N4. The molecule has 3 heterocycles. The first kappa shape index (κ1) is 32.8. The highest BCUT2D eigenvalue weighted by molar-refractivity contribution is 6.29. The Balaban J connectivity index is 1.10. The molecule has 0 saturated carbocycles. The van der Waals surface area contributed by atoms with Crippen LogP contribution in [0.2, 0.25) is 0 Å². The molecule has 4 nitrogen and oxygen atoms in total. The topological polar surface area (TPSA) is 43.6 Å². The Morgan fingerprint density at radius 2 is 1.03 bits per heavy atom. The number of pyridine rings is 1. The average Bonchev–Trinajstić information content (AvgIpc) is 3.73. The van der Waals surface area contributed by atoms with Crippen molar-refractivity contribution in [2.45, 2.75) is 19.3 Å². The molecule has 0 radical (unpaired) electrons. The summed E-state index contributed by atoms with van der Waals surface area (Å²) < 4.78 is 2.33. The van der Waals surface area contributed by atoms with Gasteiger partial charge in [-0.25, -0.2) is 15.0 Å². The van der Waals surface area contributed by atoms with E-state index in [1.807, 2.05) is 18.3 Å². The van der Waals surface area contributed by atoms with Crippen molar-refractivity contribution in [1.29, 1.82) is 0 Å². The van der Waals surface area contributed by atoms with Crippen LogP contribution in [0.15, 0.2) is 182 Å². The predicted octanol–water partition coefficient (Wildman–Crippen LogP) is 13.7. The smallest absolute Gasteiger partial charge is 0.160 e. The molecule has 12 rings (SSSR count). The normalized spacial score (nSPS) is 13.1. The highest BCUT2D eigenvalue weighted by Crippen LogP contribution is 2.55. The summed E-state index contributed by atoms with van der Waals surface area (Å²) >= 11 is 0. The Hall–Kier alpha value is -7.43. The summed E-state index contributed by atoms with van der Waals surface area (Å²) in [5.41, 5.74) is 13.0. The van der Waals surface area contributed by atoms with Crippen molar-refractivity contribution in [3.63, 3.8) is 0 Å². The molecule has 1 aliphatic carbocycles. The molecule has 0 atom stereocenters. The van der Waals surface area contributed by atoms with Crippen molar-refractivity contribution in [1.82, 2.24) is 19.5 Å². The highest BCUT2D eigenvalue weighted by Gasteiger charge is 2.38. The standard InChI is InChI=1S/C54H36N4/c1-54(2)45-27-26-41-39-23-10-9-21-37(39)38-22-11-12-24-40(38)50(41)51(45)44-30-43-42-25-14-28-55-53(42)58(49(43)31-46(44)54)36-20-13-19-35(29-36)52-56-47(33-15-5-3-6-16-33)32-48(57-52)34-17-7-4-8-18-34/h3-32H,1-2H3. The third kappa shape index (κ3) is 4.72. The van der Waals surface area contributed by atoms with E-state index in [9.17, 15) is 0 Å². The molecule has 0 saturated heterocycles. The van der Waals surface area contributed by atoms with Gasteiger partial charge < -0.3 is 0 Å². The van der Waals surface area contributed by atoms with Crippen LogP contribution in [0.1, 0.15) is 25.0 Å². The molecular weight excluding hydrogens is 705 g/mol. The maximum absolute atomic E-state index is 5.17. The van der Waals surface area contributed by atoms with Gasteiger partial charge in [-0.05, 0) is 97.0 Å². The van der Waals surface area contributed by atoms with Gasteiger partial charge in [-0.15, -0.1) is 0 Å². The summed E-state index contributed by atoms with van der Waals surface area (Å²) in [6, 6.07) is 63.1. The van der Waals surface area contributed by atoms with Gasteiger partial charge >= 0.3 is 0 Å². The van der Waals surface area contributed by atoms with Crippen molar-refractivity contribution in [3.8, 4) is 50.7 Å².